The van der Waals surface area contributed by atoms with E-state index in [1.807, 2.05) is 6.92 Å². The van der Waals surface area contributed by atoms with Gasteiger partial charge in [0.2, 0.25) is 0 Å². The fourth-order valence-corrected chi connectivity index (χ4v) is 2.35. The lowest BCUT2D eigenvalue weighted by molar-refractivity contribution is 0.103. The predicted octanol–water partition coefficient (Wildman–Crippen LogP) is 4.78. The maximum Gasteiger partial charge on any atom is 0.196 e. The van der Waals surface area contributed by atoms with Crippen LogP contribution < -0.4 is 0 Å². The molecule has 2 aromatic carbocycles. The molecule has 2 aromatic rings. The van der Waals surface area contributed by atoms with Crippen molar-refractivity contribution in [3.8, 4) is 0 Å². The van der Waals surface area contributed by atoms with Crippen LogP contribution in [-0.4, -0.2) is 5.78 Å². The number of hydrogen-bond acceptors (Lipinski definition) is 1. The number of rotatable bonds is 2. The van der Waals surface area contributed by atoms with Gasteiger partial charge in [0.15, 0.2) is 5.78 Å². The Morgan fingerprint density at radius 2 is 1.94 bits per heavy atom. The Morgan fingerprint density at radius 3 is 2.61 bits per heavy atom. The van der Waals surface area contributed by atoms with Gasteiger partial charge in [-0.25, -0.2) is 4.39 Å². The van der Waals surface area contributed by atoms with Crippen LogP contribution in [0.15, 0.2) is 40.9 Å². The number of hydrogen-bond donors (Lipinski definition) is 0. The van der Waals surface area contributed by atoms with Gasteiger partial charge in [0.1, 0.15) is 5.82 Å². The van der Waals surface area contributed by atoms with Gasteiger partial charge in [0, 0.05) is 15.1 Å². The van der Waals surface area contributed by atoms with Crippen molar-refractivity contribution in [3.63, 3.8) is 0 Å². The van der Waals surface area contributed by atoms with Crippen LogP contribution in [0.3, 0.4) is 0 Å². The summed E-state index contributed by atoms with van der Waals surface area (Å²) < 4.78 is 14.3. The van der Waals surface area contributed by atoms with Crippen LogP contribution in [0.4, 0.5) is 4.39 Å². The van der Waals surface area contributed by atoms with Gasteiger partial charge in [-0.15, -0.1) is 0 Å². The summed E-state index contributed by atoms with van der Waals surface area (Å²) in [5.41, 5.74) is 1.28. The van der Waals surface area contributed by atoms with Crippen LogP contribution in [-0.2, 0) is 0 Å². The highest BCUT2D eigenvalue weighted by molar-refractivity contribution is 9.10. The molecule has 92 valence electrons. The lowest BCUT2D eigenvalue weighted by atomic mass is 10.0. The molecule has 0 unspecified atom stereocenters. The molecule has 0 bridgehead atoms. The zero-order chi connectivity index (χ0) is 13.3. The summed E-state index contributed by atoms with van der Waals surface area (Å²) in [6, 6.07) is 9.25. The van der Waals surface area contributed by atoms with E-state index in [1.54, 1.807) is 18.2 Å². The van der Waals surface area contributed by atoms with Crippen LogP contribution in [0.2, 0.25) is 5.02 Å². The van der Waals surface area contributed by atoms with E-state index >= 15 is 0 Å². The normalized spacial score (nSPS) is 10.4. The first-order valence-electron chi connectivity index (χ1n) is 5.24. The minimum Gasteiger partial charge on any atom is -0.288 e. The van der Waals surface area contributed by atoms with E-state index in [4.69, 9.17) is 11.6 Å². The molecule has 0 heterocycles. The molecule has 0 fully saturated rings. The lowest BCUT2D eigenvalue weighted by Crippen LogP contribution is -2.04. The molecular weight excluding hydrogens is 319 g/mol. The van der Waals surface area contributed by atoms with Gasteiger partial charge in [-0.05, 0) is 48.9 Å². The first kappa shape index (κ1) is 13.2. The van der Waals surface area contributed by atoms with Crippen molar-refractivity contribution < 1.29 is 9.18 Å². The fourth-order valence-electron chi connectivity index (χ4n) is 1.69. The molecule has 0 saturated heterocycles. The average molecular weight is 328 g/mol. The van der Waals surface area contributed by atoms with Crippen LogP contribution >= 0.6 is 27.5 Å². The van der Waals surface area contributed by atoms with Crippen molar-refractivity contribution in [1.29, 1.82) is 0 Å². The second-order valence-electron chi connectivity index (χ2n) is 3.97. The van der Waals surface area contributed by atoms with E-state index in [9.17, 15) is 9.18 Å². The van der Waals surface area contributed by atoms with Gasteiger partial charge in [0.05, 0.1) is 5.56 Å². The predicted molar refractivity (Wildman–Crippen MR) is 73.7 cm³/mol. The van der Waals surface area contributed by atoms with Gasteiger partial charge >= 0.3 is 0 Å². The summed E-state index contributed by atoms with van der Waals surface area (Å²) in [5, 5.41) is 0.466. The largest absolute Gasteiger partial charge is 0.288 e. The molecular formula is C14H9BrClFO. The quantitative estimate of drug-likeness (QED) is 0.725. The SMILES string of the molecule is Cc1cc(Cl)cc(C(=O)c2cc(Br)ccc2F)c1. The molecule has 4 heteroatoms. The summed E-state index contributed by atoms with van der Waals surface area (Å²) in [6.07, 6.45) is 0. The second kappa shape index (κ2) is 5.21. The molecule has 0 atom stereocenters. The molecule has 2 rings (SSSR count). The lowest BCUT2D eigenvalue weighted by Gasteiger charge is -2.05. The number of ketones is 1. The van der Waals surface area contributed by atoms with E-state index in [-0.39, 0.29) is 11.3 Å². The zero-order valence-electron chi connectivity index (χ0n) is 9.51. The van der Waals surface area contributed by atoms with Crippen molar-refractivity contribution in [2.45, 2.75) is 6.92 Å². The topological polar surface area (TPSA) is 17.1 Å². The Morgan fingerprint density at radius 1 is 1.22 bits per heavy atom. The van der Waals surface area contributed by atoms with Gasteiger partial charge in [-0.2, -0.15) is 0 Å². The standard InChI is InChI=1S/C14H9BrClFO/c1-8-4-9(6-11(16)5-8)14(18)12-7-10(15)2-3-13(12)17/h2-7H,1H3. The van der Waals surface area contributed by atoms with Gasteiger partial charge in [-0.1, -0.05) is 27.5 Å². The third kappa shape index (κ3) is 2.79. The first-order valence-corrected chi connectivity index (χ1v) is 6.41. The minimum atomic E-state index is -0.541. The molecule has 0 aromatic heterocycles. The molecule has 1 nitrogen and oxygen atoms in total. The molecule has 0 spiro atoms. The van der Waals surface area contributed by atoms with E-state index in [0.29, 0.717) is 15.1 Å². The second-order valence-corrected chi connectivity index (χ2v) is 5.32. The summed E-state index contributed by atoms with van der Waals surface area (Å²) in [4.78, 5) is 12.2. The number of halogens is 3. The maximum absolute atomic E-state index is 13.6. The molecule has 0 radical (unpaired) electrons. The third-order valence-corrected chi connectivity index (χ3v) is 3.19. The molecule has 18 heavy (non-hydrogen) atoms. The highest BCUT2D eigenvalue weighted by atomic mass is 79.9. The maximum atomic E-state index is 13.6. The highest BCUT2D eigenvalue weighted by Gasteiger charge is 2.15. The Kier molecular flexibility index (Phi) is 3.83. The van der Waals surface area contributed by atoms with Gasteiger partial charge in [-0.3, -0.25) is 4.79 Å². The monoisotopic (exact) mass is 326 g/mol. The smallest absolute Gasteiger partial charge is 0.196 e. The Bertz CT molecular complexity index is 605. The molecule has 0 saturated carbocycles. The van der Waals surface area contributed by atoms with Crippen LogP contribution in [0.25, 0.3) is 0 Å². The van der Waals surface area contributed by atoms with Gasteiger partial charge in [0.25, 0.3) is 0 Å². The third-order valence-electron chi connectivity index (χ3n) is 2.48. The van der Waals surface area contributed by atoms with E-state index < -0.39 is 5.82 Å². The minimum absolute atomic E-state index is 0.0334. The number of carbonyl (C=O) groups is 1. The molecule has 0 aliphatic carbocycles. The Hall–Kier alpha value is -1.19. The summed E-state index contributed by atoms with van der Waals surface area (Å²) in [7, 11) is 0. The van der Waals surface area contributed by atoms with Crippen LogP contribution in [0.1, 0.15) is 21.5 Å². The summed E-state index contributed by atoms with van der Waals surface area (Å²) >= 11 is 9.12. The van der Waals surface area contributed by atoms with Crippen molar-refractivity contribution in [2.24, 2.45) is 0 Å². The van der Waals surface area contributed by atoms with E-state index in [0.717, 1.165) is 5.56 Å². The van der Waals surface area contributed by atoms with E-state index in [1.165, 1.54) is 18.2 Å². The Balaban J connectivity index is 2.51. The van der Waals surface area contributed by atoms with Crippen molar-refractivity contribution in [2.75, 3.05) is 0 Å². The van der Waals surface area contributed by atoms with Crippen molar-refractivity contribution in [3.05, 3.63) is 68.4 Å². The Labute approximate surface area is 118 Å². The molecule has 0 aliphatic heterocycles. The molecule has 0 N–H and O–H groups in total. The van der Waals surface area contributed by atoms with Crippen LogP contribution in [0, 0.1) is 12.7 Å². The summed E-state index contributed by atoms with van der Waals surface area (Å²) in [6.45, 7) is 1.83. The summed E-state index contributed by atoms with van der Waals surface area (Å²) in [5.74, 6) is -0.916. The van der Waals surface area contributed by atoms with E-state index in [2.05, 4.69) is 15.9 Å². The number of aryl methyl sites for hydroxylation is 1. The van der Waals surface area contributed by atoms with Crippen LogP contribution in [0.5, 0.6) is 0 Å². The number of carbonyl (C=O) groups excluding carboxylic acids is 1. The van der Waals surface area contributed by atoms with Gasteiger partial charge < -0.3 is 0 Å². The van der Waals surface area contributed by atoms with Crippen molar-refractivity contribution >= 4 is 33.3 Å². The molecule has 0 amide bonds. The molecule has 0 aliphatic rings. The average Bonchev–Trinajstić information content (AvgIpc) is 2.30. The highest BCUT2D eigenvalue weighted by Crippen LogP contribution is 2.21. The number of benzene rings is 2. The fraction of sp³-hybridized carbons (Fsp3) is 0.0714. The zero-order valence-corrected chi connectivity index (χ0v) is 11.8. The van der Waals surface area contributed by atoms with Crippen molar-refractivity contribution in [1.82, 2.24) is 0 Å². The first-order chi connectivity index (χ1) is 8.47.